The number of anilines is 2. The van der Waals surface area contributed by atoms with E-state index in [1.165, 1.54) is 16.4 Å². The maximum absolute atomic E-state index is 13.2. The zero-order valence-corrected chi connectivity index (χ0v) is 19.4. The summed E-state index contributed by atoms with van der Waals surface area (Å²) in [5, 5.41) is 8.07. The van der Waals surface area contributed by atoms with Crippen LogP contribution >= 0.6 is 0 Å². The summed E-state index contributed by atoms with van der Waals surface area (Å²) in [5.74, 6) is 0.151. The Morgan fingerprint density at radius 3 is 2.25 bits per heavy atom. The number of hydrogen-bond acceptors (Lipinski definition) is 4. The normalized spacial score (nSPS) is 19.2. The lowest BCUT2D eigenvalue weighted by molar-refractivity contribution is 0.102. The molecule has 0 aromatic heterocycles. The van der Waals surface area contributed by atoms with E-state index >= 15 is 0 Å². The lowest BCUT2D eigenvalue weighted by atomic mass is 9.94. The van der Waals surface area contributed by atoms with Crippen molar-refractivity contribution in [2.24, 2.45) is 11.8 Å². The van der Waals surface area contributed by atoms with E-state index in [-0.39, 0.29) is 16.5 Å². The van der Waals surface area contributed by atoms with E-state index in [1.807, 2.05) is 6.92 Å². The van der Waals surface area contributed by atoms with Gasteiger partial charge < -0.3 is 16.0 Å². The maximum Gasteiger partial charge on any atom is 0.319 e. The highest BCUT2D eigenvalue weighted by molar-refractivity contribution is 7.89. The van der Waals surface area contributed by atoms with Crippen LogP contribution in [0.15, 0.2) is 53.4 Å². The summed E-state index contributed by atoms with van der Waals surface area (Å²) >= 11 is 0. The number of amides is 3. The van der Waals surface area contributed by atoms with E-state index in [2.05, 4.69) is 29.8 Å². The largest absolute Gasteiger partial charge is 0.338 e. The van der Waals surface area contributed by atoms with Crippen molar-refractivity contribution in [3.8, 4) is 0 Å². The quantitative estimate of drug-likeness (QED) is 0.613. The van der Waals surface area contributed by atoms with E-state index in [0.717, 1.165) is 6.42 Å². The van der Waals surface area contributed by atoms with Crippen molar-refractivity contribution >= 4 is 33.3 Å². The Hall–Kier alpha value is -2.91. The Morgan fingerprint density at radius 2 is 1.59 bits per heavy atom. The summed E-state index contributed by atoms with van der Waals surface area (Å²) in [7, 11) is -3.68. The Labute approximate surface area is 189 Å². The summed E-state index contributed by atoms with van der Waals surface area (Å²) in [5.41, 5.74) is 1.25. The van der Waals surface area contributed by atoms with Crippen LogP contribution in [0.4, 0.5) is 16.2 Å². The summed E-state index contributed by atoms with van der Waals surface area (Å²) in [6, 6.07) is 12.5. The monoisotopic (exact) mass is 458 g/mol. The van der Waals surface area contributed by atoms with E-state index in [1.54, 1.807) is 36.4 Å². The predicted octanol–water partition coefficient (Wildman–Crippen LogP) is 3.75. The molecular weight excluding hydrogens is 428 g/mol. The third kappa shape index (κ3) is 5.86. The molecule has 3 N–H and O–H groups in total. The van der Waals surface area contributed by atoms with Gasteiger partial charge in [0.15, 0.2) is 0 Å². The highest BCUT2D eigenvalue weighted by Crippen LogP contribution is 2.27. The van der Waals surface area contributed by atoms with Crippen LogP contribution in [0.2, 0.25) is 0 Å². The van der Waals surface area contributed by atoms with E-state index < -0.39 is 15.9 Å². The van der Waals surface area contributed by atoms with Crippen LogP contribution in [0.5, 0.6) is 0 Å². The molecule has 3 amide bonds. The molecule has 2 unspecified atom stereocenters. The van der Waals surface area contributed by atoms with E-state index in [9.17, 15) is 18.0 Å². The zero-order chi connectivity index (χ0) is 23.3. The number of piperidine rings is 1. The third-order valence-electron chi connectivity index (χ3n) is 5.28. The standard InChI is InChI=1S/C23H30N4O4S/c1-4-24-23(29)26-20-9-6-8-19(13-20)25-22(28)18-7-5-10-21(12-18)32(30,31)27-14-16(2)11-17(3)15-27/h5-10,12-13,16-17H,4,11,14-15H2,1-3H3,(H,25,28)(H2,24,26,29). The Kier molecular flexibility index (Phi) is 7.52. The molecule has 1 fully saturated rings. The van der Waals surface area contributed by atoms with Gasteiger partial charge in [0.2, 0.25) is 10.0 Å². The topological polar surface area (TPSA) is 108 Å². The summed E-state index contributed by atoms with van der Waals surface area (Å²) in [6.07, 6.45) is 1.00. The Bertz CT molecular complexity index is 1080. The van der Waals surface area contributed by atoms with Crippen molar-refractivity contribution in [1.29, 1.82) is 0 Å². The van der Waals surface area contributed by atoms with Crippen LogP contribution in [-0.2, 0) is 10.0 Å². The van der Waals surface area contributed by atoms with Crippen LogP contribution in [-0.4, -0.2) is 44.3 Å². The smallest absolute Gasteiger partial charge is 0.319 e. The molecular formula is C23H30N4O4S. The van der Waals surface area contributed by atoms with Gasteiger partial charge in [0.05, 0.1) is 4.90 Å². The lowest BCUT2D eigenvalue weighted by Gasteiger charge is -2.34. The Balaban J connectivity index is 1.75. The highest BCUT2D eigenvalue weighted by Gasteiger charge is 2.32. The molecule has 32 heavy (non-hydrogen) atoms. The minimum absolute atomic E-state index is 0.109. The Morgan fingerprint density at radius 1 is 0.969 bits per heavy atom. The van der Waals surface area contributed by atoms with E-state index in [4.69, 9.17) is 0 Å². The molecule has 0 spiro atoms. The van der Waals surface area contributed by atoms with Gasteiger partial charge in [-0.15, -0.1) is 0 Å². The molecule has 172 valence electrons. The average molecular weight is 459 g/mol. The van der Waals surface area contributed by atoms with Crippen LogP contribution in [0.25, 0.3) is 0 Å². The third-order valence-corrected chi connectivity index (χ3v) is 7.11. The molecule has 8 nitrogen and oxygen atoms in total. The fraction of sp³-hybridized carbons (Fsp3) is 0.391. The minimum atomic E-state index is -3.68. The summed E-state index contributed by atoms with van der Waals surface area (Å²) < 4.78 is 27.8. The first kappa shape index (κ1) is 23.7. The highest BCUT2D eigenvalue weighted by atomic mass is 32.2. The molecule has 1 aliphatic rings. The fourth-order valence-corrected chi connectivity index (χ4v) is 5.69. The molecule has 0 radical (unpaired) electrons. The molecule has 1 saturated heterocycles. The van der Waals surface area contributed by atoms with Gasteiger partial charge in [-0.2, -0.15) is 4.31 Å². The number of benzene rings is 2. The number of nitrogens with zero attached hydrogens (tertiary/aromatic N) is 1. The molecule has 2 aromatic carbocycles. The maximum atomic E-state index is 13.2. The summed E-state index contributed by atoms with van der Waals surface area (Å²) in [4.78, 5) is 24.6. The van der Waals surface area contributed by atoms with Gasteiger partial charge in [0.1, 0.15) is 0 Å². The van der Waals surface area contributed by atoms with Gasteiger partial charge in [-0.05, 0) is 61.6 Å². The number of nitrogens with one attached hydrogen (secondary N) is 3. The molecule has 1 heterocycles. The van der Waals surface area contributed by atoms with Crippen molar-refractivity contribution < 1.29 is 18.0 Å². The first-order valence-electron chi connectivity index (χ1n) is 10.8. The molecule has 2 atom stereocenters. The molecule has 2 aromatic rings. The van der Waals surface area contributed by atoms with Gasteiger partial charge in [0, 0.05) is 36.6 Å². The molecule has 9 heteroatoms. The average Bonchev–Trinajstić information content (AvgIpc) is 2.73. The molecule has 3 rings (SSSR count). The number of carbonyl (C=O) groups is 2. The first-order chi connectivity index (χ1) is 15.2. The number of carbonyl (C=O) groups excluding carboxylic acids is 2. The van der Waals surface area contributed by atoms with Crippen LogP contribution < -0.4 is 16.0 Å². The van der Waals surface area contributed by atoms with Gasteiger partial charge in [-0.25, -0.2) is 13.2 Å². The van der Waals surface area contributed by atoms with Gasteiger partial charge in [0.25, 0.3) is 5.91 Å². The second-order valence-corrected chi connectivity index (χ2v) is 10.3. The zero-order valence-electron chi connectivity index (χ0n) is 18.6. The molecule has 0 saturated carbocycles. The van der Waals surface area contributed by atoms with Gasteiger partial charge in [-0.3, -0.25) is 4.79 Å². The van der Waals surface area contributed by atoms with Crippen molar-refractivity contribution in [3.63, 3.8) is 0 Å². The van der Waals surface area contributed by atoms with Gasteiger partial charge >= 0.3 is 6.03 Å². The molecule has 0 aliphatic carbocycles. The van der Waals surface area contributed by atoms with Crippen LogP contribution in [0.3, 0.4) is 0 Å². The lowest BCUT2D eigenvalue weighted by Crippen LogP contribution is -2.42. The van der Waals surface area contributed by atoms with Crippen molar-refractivity contribution in [2.45, 2.75) is 32.1 Å². The number of sulfonamides is 1. The van der Waals surface area contributed by atoms with Crippen molar-refractivity contribution in [3.05, 3.63) is 54.1 Å². The second kappa shape index (κ2) is 10.1. The number of rotatable bonds is 6. The number of urea groups is 1. The van der Waals surface area contributed by atoms with Crippen molar-refractivity contribution in [2.75, 3.05) is 30.3 Å². The number of hydrogen-bond donors (Lipinski definition) is 3. The molecule has 1 aliphatic heterocycles. The fourth-order valence-electron chi connectivity index (χ4n) is 3.96. The first-order valence-corrected chi connectivity index (χ1v) is 12.2. The predicted molar refractivity (Wildman–Crippen MR) is 125 cm³/mol. The minimum Gasteiger partial charge on any atom is -0.338 e. The van der Waals surface area contributed by atoms with Crippen LogP contribution in [0.1, 0.15) is 37.6 Å². The van der Waals surface area contributed by atoms with Crippen LogP contribution in [0, 0.1) is 11.8 Å². The summed E-state index contributed by atoms with van der Waals surface area (Å²) in [6.45, 7) is 7.38. The SMILES string of the molecule is CCNC(=O)Nc1cccc(NC(=O)c2cccc(S(=O)(=O)N3CC(C)CC(C)C3)c2)c1. The second-order valence-electron chi connectivity index (χ2n) is 8.32. The van der Waals surface area contributed by atoms with E-state index in [0.29, 0.717) is 42.8 Å². The molecule has 0 bridgehead atoms. The van der Waals surface area contributed by atoms with Crippen molar-refractivity contribution in [1.82, 2.24) is 9.62 Å². The van der Waals surface area contributed by atoms with Gasteiger partial charge in [-0.1, -0.05) is 26.0 Å².